The van der Waals surface area contributed by atoms with Gasteiger partial charge >= 0.3 is 0 Å². The number of benzene rings is 1. The van der Waals surface area contributed by atoms with Gasteiger partial charge in [-0.05, 0) is 44.6 Å². The van der Waals surface area contributed by atoms with Crippen molar-refractivity contribution in [2.75, 3.05) is 31.5 Å². The molecular formula is C22H27BN4O2. The number of aromatic amines is 1. The first-order valence-corrected chi connectivity index (χ1v) is 9.98. The van der Waals surface area contributed by atoms with Crippen LogP contribution < -0.4 is 16.1 Å². The Morgan fingerprint density at radius 3 is 2.66 bits per heavy atom. The third-order valence-electron chi connectivity index (χ3n) is 5.43. The molecule has 3 N–H and O–H groups in total. The smallest absolute Gasteiger partial charge is 0.256 e. The minimum absolute atomic E-state index is 0.103. The van der Waals surface area contributed by atoms with Gasteiger partial charge in [-0.3, -0.25) is 9.59 Å². The number of aromatic nitrogens is 1. The largest absolute Gasteiger partial charge is 0.358 e. The Hall–Kier alpha value is -2.80. The molecule has 0 fully saturated rings. The van der Waals surface area contributed by atoms with Crippen LogP contribution in [0.2, 0.25) is 0 Å². The van der Waals surface area contributed by atoms with Crippen LogP contribution in [0.1, 0.15) is 46.7 Å². The number of carbonyl (C=O) groups excluding carboxylic acids is 2. The van der Waals surface area contributed by atoms with E-state index in [0.717, 1.165) is 47.8 Å². The number of H-pyrrole nitrogens is 1. The minimum Gasteiger partial charge on any atom is -0.358 e. The summed E-state index contributed by atoms with van der Waals surface area (Å²) in [6.45, 7) is 11.3. The predicted molar refractivity (Wildman–Crippen MR) is 119 cm³/mol. The Morgan fingerprint density at radius 1 is 1.24 bits per heavy atom. The first-order chi connectivity index (χ1) is 13.8. The first-order valence-electron chi connectivity index (χ1n) is 9.98. The molecule has 0 spiro atoms. The van der Waals surface area contributed by atoms with Gasteiger partial charge in [0.25, 0.3) is 11.8 Å². The number of aryl methyl sites for hydroxylation is 1. The third-order valence-corrected chi connectivity index (χ3v) is 5.43. The van der Waals surface area contributed by atoms with E-state index in [1.165, 1.54) is 0 Å². The summed E-state index contributed by atoms with van der Waals surface area (Å²) in [4.78, 5) is 30.7. The Labute approximate surface area is 173 Å². The second-order valence-electron chi connectivity index (χ2n) is 7.26. The second kappa shape index (κ2) is 8.70. The summed E-state index contributed by atoms with van der Waals surface area (Å²) in [6, 6.07) is 5.34. The molecule has 0 bridgehead atoms. The van der Waals surface area contributed by atoms with Crippen molar-refractivity contribution < 1.29 is 9.59 Å². The van der Waals surface area contributed by atoms with Gasteiger partial charge in [-0.25, -0.2) is 0 Å². The molecular weight excluding hydrogens is 363 g/mol. The van der Waals surface area contributed by atoms with Crippen molar-refractivity contribution >= 4 is 42.5 Å². The van der Waals surface area contributed by atoms with Gasteiger partial charge in [0.05, 0.1) is 11.1 Å². The first kappa shape index (κ1) is 20.9. The molecule has 2 radical (unpaired) electrons. The number of rotatable bonds is 7. The van der Waals surface area contributed by atoms with E-state index >= 15 is 0 Å². The molecule has 2 aromatic rings. The highest BCUT2D eigenvalue weighted by atomic mass is 16.2. The Bertz CT molecular complexity index is 973. The molecule has 0 saturated carbocycles. The molecule has 0 unspecified atom stereocenters. The van der Waals surface area contributed by atoms with E-state index in [0.29, 0.717) is 23.1 Å². The molecule has 2 heterocycles. The summed E-state index contributed by atoms with van der Waals surface area (Å²) in [5.74, 6) is -0.281. The molecule has 7 heteroatoms. The summed E-state index contributed by atoms with van der Waals surface area (Å²) in [7, 11) is 5.89. The fraction of sp³-hybridized carbons (Fsp3) is 0.364. The van der Waals surface area contributed by atoms with Crippen LogP contribution in [0, 0.1) is 13.8 Å². The average Bonchev–Trinajstić information content (AvgIpc) is 3.14. The van der Waals surface area contributed by atoms with Crippen molar-refractivity contribution in [2.24, 2.45) is 0 Å². The van der Waals surface area contributed by atoms with Gasteiger partial charge in [-0.15, -0.1) is 0 Å². The molecule has 0 aliphatic carbocycles. The predicted octanol–water partition coefficient (Wildman–Crippen LogP) is 1.99. The summed E-state index contributed by atoms with van der Waals surface area (Å²) < 4.78 is 0. The topological polar surface area (TPSA) is 77.2 Å². The lowest BCUT2D eigenvalue weighted by Crippen LogP contribution is -2.35. The van der Waals surface area contributed by atoms with E-state index in [-0.39, 0.29) is 11.8 Å². The molecule has 2 amide bonds. The van der Waals surface area contributed by atoms with Crippen molar-refractivity contribution in [3.63, 3.8) is 0 Å². The van der Waals surface area contributed by atoms with E-state index in [1.54, 1.807) is 24.3 Å². The van der Waals surface area contributed by atoms with Crippen LogP contribution in [-0.2, 0) is 4.79 Å². The van der Waals surface area contributed by atoms with Gasteiger partial charge in [0.2, 0.25) is 0 Å². The van der Waals surface area contributed by atoms with Gasteiger partial charge in [-0.1, -0.05) is 31.4 Å². The van der Waals surface area contributed by atoms with Crippen LogP contribution in [0.4, 0.5) is 5.69 Å². The van der Waals surface area contributed by atoms with Crippen molar-refractivity contribution in [3.8, 4) is 0 Å². The molecule has 0 atom stereocenters. The number of amides is 2. The SMILES string of the molecule is [B]c1ccc2c(c1)/C(=C/c1[nH]c(C)c(C(=O)NCCN(CC)CC)c1C)C(=O)N2. The maximum absolute atomic E-state index is 12.7. The van der Waals surface area contributed by atoms with Gasteiger partial charge in [0, 0.05) is 35.7 Å². The lowest BCUT2D eigenvalue weighted by molar-refractivity contribution is -0.110. The lowest BCUT2D eigenvalue weighted by atomic mass is 9.92. The molecule has 0 saturated heterocycles. The van der Waals surface area contributed by atoms with Gasteiger partial charge in [0.1, 0.15) is 7.85 Å². The van der Waals surface area contributed by atoms with Crippen molar-refractivity contribution in [2.45, 2.75) is 27.7 Å². The van der Waals surface area contributed by atoms with Gasteiger partial charge in [-0.2, -0.15) is 0 Å². The van der Waals surface area contributed by atoms with Crippen LogP contribution in [-0.4, -0.2) is 55.7 Å². The van der Waals surface area contributed by atoms with Crippen LogP contribution in [0.3, 0.4) is 0 Å². The molecule has 1 aliphatic heterocycles. The summed E-state index contributed by atoms with van der Waals surface area (Å²) in [5, 5.41) is 5.85. The number of likely N-dealkylation sites (N-methyl/N-ethyl adjacent to an activating group) is 1. The number of anilines is 1. The number of hydrogen-bond donors (Lipinski definition) is 3. The Kier molecular flexibility index (Phi) is 6.28. The fourth-order valence-electron chi connectivity index (χ4n) is 3.71. The zero-order chi connectivity index (χ0) is 21.1. The van der Waals surface area contributed by atoms with E-state index in [2.05, 4.69) is 34.4 Å². The summed E-state index contributed by atoms with van der Waals surface area (Å²) >= 11 is 0. The number of nitrogens with one attached hydrogen (secondary N) is 3. The molecule has 3 rings (SSSR count). The van der Waals surface area contributed by atoms with Crippen LogP contribution in [0.15, 0.2) is 18.2 Å². The Balaban J connectivity index is 1.83. The van der Waals surface area contributed by atoms with E-state index in [1.807, 2.05) is 13.8 Å². The number of fused-ring (bicyclic) bond motifs is 1. The van der Waals surface area contributed by atoms with Gasteiger partial charge < -0.3 is 20.5 Å². The highest BCUT2D eigenvalue weighted by Gasteiger charge is 2.25. The van der Waals surface area contributed by atoms with E-state index in [9.17, 15) is 9.59 Å². The molecule has 29 heavy (non-hydrogen) atoms. The monoisotopic (exact) mass is 390 g/mol. The van der Waals surface area contributed by atoms with Crippen LogP contribution in [0.25, 0.3) is 11.6 Å². The average molecular weight is 390 g/mol. The number of hydrogen-bond acceptors (Lipinski definition) is 3. The highest BCUT2D eigenvalue weighted by molar-refractivity contribution is 6.37. The molecule has 1 aromatic carbocycles. The molecule has 1 aromatic heterocycles. The normalized spacial score (nSPS) is 14.4. The van der Waals surface area contributed by atoms with Crippen molar-refractivity contribution in [1.29, 1.82) is 0 Å². The van der Waals surface area contributed by atoms with Gasteiger partial charge in [0.15, 0.2) is 0 Å². The molecule has 1 aliphatic rings. The van der Waals surface area contributed by atoms with Crippen molar-refractivity contribution in [3.05, 3.63) is 46.3 Å². The summed E-state index contributed by atoms with van der Waals surface area (Å²) in [5.41, 5.74) is 5.61. The highest BCUT2D eigenvalue weighted by Crippen LogP contribution is 2.33. The van der Waals surface area contributed by atoms with E-state index in [4.69, 9.17) is 7.85 Å². The number of nitrogens with zero attached hydrogens (tertiary/aromatic N) is 1. The molecule has 150 valence electrons. The zero-order valence-electron chi connectivity index (χ0n) is 17.5. The Morgan fingerprint density at radius 2 is 1.97 bits per heavy atom. The zero-order valence-corrected chi connectivity index (χ0v) is 17.5. The lowest BCUT2D eigenvalue weighted by Gasteiger charge is -2.18. The number of carbonyl (C=O) groups is 2. The molecule has 6 nitrogen and oxygen atoms in total. The third kappa shape index (κ3) is 4.30. The minimum atomic E-state index is -0.178. The second-order valence-corrected chi connectivity index (χ2v) is 7.26. The van der Waals surface area contributed by atoms with Crippen molar-refractivity contribution in [1.82, 2.24) is 15.2 Å². The quantitative estimate of drug-likeness (QED) is 0.500. The summed E-state index contributed by atoms with van der Waals surface area (Å²) in [6.07, 6.45) is 1.79. The fourth-order valence-corrected chi connectivity index (χ4v) is 3.71. The van der Waals surface area contributed by atoms with Crippen LogP contribution >= 0.6 is 0 Å². The maximum Gasteiger partial charge on any atom is 0.256 e. The standard InChI is InChI=1S/C22H27BN4O2/c1-5-27(6-2)10-9-24-22(29)20-13(3)19(25-14(20)4)12-17-16-11-15(23)7-8-18(16)26-21(17)28/h7-8,11-12,25H,5-6,9-10H2,1-4H3,(H,24,29)(H,26,28)/b17-12-. The van der Waals surface area contributed by atoms with Crippen LogP contribution in [0.5, 0.6) is 0 Å². The maximum atomic E-state index is 12.7. The van der Waals surface area contributed by atoms with E-state index < -0.39 is 0 Å².